The van der Waals surface area contributed by atoms with Crippen LogP contribution >= 0.6 is 0 Å². The first kappa shape index (κ1) is 17.3. The Morgan fingerprint density at radius 3 is 2.52 bits per heavy atom. The molecular weight excluding hydrogens is 332 g/mol. The Morgan fingerprint density at radius 1 is 0.963 bits per heavy atom. The SMILES string of the molecule is Cc1ccc([C@]2(O)CCC3C4CCc5cc(O)ccc5C4CC[C@@]32C)cc1. The van der Waals surface area contributed by atoms with E-state index in [9.17, 15) is 10.2 Å². The maximum absolute atomic E-state index is 11.9. The highest BCUT2D eigenvalue weighted by atomic mass is 16.3. The van der Waals surface area contributed by atoms with E-state index in [2.05, 4.69) is 44.2 Å². The molecule has 0 amide bonds. The van der Waals surface area contributed by atoms with Crippen molar-refractivity contribution in [3.8, 4) is 5.75 Å². The van der Waals surface area contributed by atoms with Crippen LogP contribution in [0.1, 0.15) is 67.2 Å². The van der Waals surface area contributed by atoms with Crippen molar-refractivity contribution < 1.29 is 10.2 Å². The second-order valence-electron chi connectivity index (χ2n) is 9.52. The van der Waals surface area contributed by atoms with Crippen LogP contribution in [-0.2, 0) is 12.0 Å². The lowest BCUT2D eigenvalue weighted by Gasteiger charge is -2.53. The minimum atomic E-state index is -0.703. The summed E-state index contributed by atoms with van der Waals surface area (Å²) in [7, 11) is 0. The van der Waals surface area contributed by atoms with E-state index in [-0.39, 0.29) is 5.41 Å². The van der Waals surface area contributed by atoms with Crippen molar-refractivity contribution in [2.75, 3.05) is 0 Å². The lowest BCUT2D eigenvalue weighted by atomic mass is 9.52. The number of phenolic OH excluding ortho intramolecular Hbond substituents is 1. The predicted molar refractivity (Wildman–Crippen MR) is 108 cm³/mol. The molecule has 0 heterocycles. The Hall–Kier alpha value is -1.80. The van der Waals surface area contributed by atoms with Crippen molar-refractivity contribution >= 4 is 0 Å². The highest BCUT2D eigenvalue weighted by Gasteiger charge is 2.61. The molecule has 27 heavy (non-hydrogen) atoms. The van der Waals surface area contributed by atoms with Crippen LogP contribution in [0.2, 0.25) is 0 Å². The van der Waals surface area contributed by atoms with Crippen LogP contribution in [0.15, 0.2) is 42.5 Å². The minimum absolute atomic E-state index is 0.0438. The lowest BCUT2D eigenvalue weighted by Crippen LogP contribution is -2.49. The summed E-state index contributed by atoms with van der Waals surface area (Å²) < 4.78 is 0. The number of phenols is 1. The fourth-order valence-electron chi connectivity index (χ4n) is 6.89. The molecule has 5 atom stereocenters. The van der Waals surface area contributed by atoms with E-state index in [0.29, 0.717) is 23.5 Å². The molecule has 2 heteroatoms. The van der Waals surface area contributed by atoms with Gasteiger partial charge in [0.05, 0.1) is 5.60 Å². The highest BCUT2D eigenvalue weighted by molar-refractivity contribution is 5.41. The van der Waals surface area contributed by atoms with Gasteiger partial charge in [-0.3, -0.25) is 0 Å². The summed E-state index contributed by atoms with van der Waals surface area (Å²) in [4.78, 5) is 0. The zero-order valence-corrected chi connectivity index (χ0v) is 16.4. The summed E-state index contributed by atoms with van der Waals surface area (Å²) in [6.07, 6.45) is 6.46. The van der Waals surface area contributed by atoms with Gasteiger partial charge in [-0.15, -0.1) is 0 Å². The number of hydrogen-bond acceptors (Lipinski definition) is 2. The van der Waals surface area contributed by atoms with E-state index in [0.717, 1.165) is 37.7 Å². The van der Waals surface area contributed by atoms with Crippen molar-refractivity contribution in [2.24, 2.45) is 17.3 Å². The average molecular weight is 363 g/mol. The quantitative estimate of drug-likeness (QED) is 0.709. The third-order valence-electron chi connectivity index (χ3n) is 8.39. The first-order chi connectivity index (χ1) is 12.9. The molecule has 0 aliphatic heterocycles. The number of fused-ring (bicyclic) bond motifs is 5. The number of aliphatic hydroxyl groups is 1. The van der Waals surface area contributed by atoms with Gasteiger partial charge in [-0.1, -0.05) is 42.8 Å². The second-order valence-corrected chi connectivity index (χ2v) is 9.52. The molecule has 3 aliphatic carbocycles. The largest absolute Gasteiger partial charge is 0.508 e. The lowest BCUT2D eigenvalue weighted by molar-refractivity contribution is -0.108. The second kappa shape index (κ2) is 5.85. The molecule has 0 saturated heterocycles. The molecule has 5 rings (SSSR count). The monoisotopic (exact) mass is 362 g/mol. The van der Waals surface area contributed by atoms with Crippen molar-refractivity contribution in [3.05, 3.63) is 64.7 Å². The van der Waals surface area contributed by atoms with Crippen LogP contribution in [0.3, 0.4) is 0 Å². The first-order valence-corrected chi connectivity index (χ1v) is 10.5. The van der Waals surface area contributed by atoms with E-state index < -0.39 is 5.60 Å². The van der Waals surface area contributed by atoms with E-state index in [1.54, 1.807) is 0 Å². The van der Waals surface area contributed by atoms with Gasteiger partial charge in [-0.05, 0) is 92.0 Å². The molecule has 2 aromatic rings. The van der Waals surface area contributed by atoms with E-state index in [1.807, 2.05) is 12.1 Å². The zero-order chi connectivity index (χ0) is 18.8. The molecule has 142 valence electrons. The Bertz CT molecular complexity index is 870. The summed E-state index contributed by atoms with van der Waals surface area (Å²) in [5.74, 6) is 2.21. The Labute approximate surface area is 162 Å². The molecule has 2 N–H and O–H groups in total. The Kier molecular flexibility index (Phi) is 3.75. The molecule has 0 radical (unpaired) electrons. The molecule has 0 spiro atoms. The standard InChI is InChI=1S/C25H30O2/c1-16-3-6-18(7-4-16)25(27)14-12-23-22-9-5-17-15-19(26)8-10-20(17)21(22)11-13-24(23,25)2/h3-4,6-8,10,15,21-23,26-27H,5,9,11-14H2,1-2H3/t21?,22?,23?,24-,25+/m0/s1. The number of aryl methyl sites for hydroxylation is 2. The molecule has 2 saturated carbocycles. The van der Waals surface area contributed by atoms with Gasteiger partial charge in [0.15, 0.2) is 0 Å². The fourth-order valence-corrected chi connectivity index (χ4v) is 6.89. The van der Waals surface area contributed by atoms with Gasteiger partial charge in [0.25, 0.3) is 0 Å². The van der Waals surface area contributed by atoms with Gasteiger partial charge >= 0.3 is 0 Å². The van der Waals surface area contributed by atoms with E-state index in [1.165, 1.54) is 23.1 Å². The topological polar surface area (TPSA) is 40.5 Å². The smallest absolute Gasteiger partial charge is 0.115 e. The summed E-state index contributed by atoms with van der Waals surface area (Å²) in [6.45, 7) is 4.46. The maximum atomic E-state index is 11.9. The molecule has 2 aromatic carbocycles. The summed E-state index contributed by atoms with van der Waals surface area (Å²) >= 11 is 0. The van der Waals surface area contributed by atoms with Gasteiger partial charge in [0.2, 0.25) is 0 Å². The molecule has 2 nitrogen and oxygen atoms in total. The van der Waals surface area contributed by atoms with Gasteiger partial charge in [0.1, 0.15) is 5.75 Å². The van der Waals surface area contributed by atoms with Gasteiger partial charge in [-0.2, -0.15) is 0 Å². The number of aromatic hydroxyl groups is 1. The molecule has 3 aliphatic rings. The van der Waals surface area contributed by atoms with Crippen molar-refractivity contribution in [1.82, 2.24) is 0 Å². The van der Waals surface area contributed by atoms with Gasteiger partial charge in [-0.25, -0.2) is 0 Å². The number of benzene rings is 2. The maximum Gasteiger partial charge on any atom is 0.115 e. The van der Waals surface area contributed by atoms with Crippen molar-refractivity contribution in [2.45, 2.75) is 63.9 Å². The summed E-state index contributed by atoms with van der Waals surface area (Å²) in [5, 5.41) is 21.8. The highest BCUT2D eigenvalue weighted by Crippen LogP contribution is 2.67. The molecule has 0 bridgehead atoms. The summed E-state index contributed by atoms with van der Waals surface area (Å²) in [6, 6.07) is 14.5. The molecule has 0 aromatic heterocycles. The van der Waals surface area contributed by atoms with Crippen LogP contribution in [0, 0.1) is 24.2 Å². The van der Waals surface area contributed by atoms with Crippen LogP contribution in [-0.4, -0.2) is 10.2 Å². The van der Waals surface area contributed by atoms with E-state index in [4.69, 9.17) is 0 Å². The molecule has 2 fully saturated rings. The van der Waals surface area contributed by atoms with Gasteiger partial charge in [0, 0.05) is 5.41 Å². The minimum Gasteiger partial charge on any atom is -0.508 e. The summed E-state index contributed by atoms with van der Waals surface area (Å²) in [5.41, 5.74) is 4.41. The Morgan fingerprint density at radius 2 is 1.74 bits per heavy atom. The third kappa shape index (κ3) is 2.35. The van der Waals surface area contributed by atoms with E-state index >= 15 is 0 Å². The first-order valence-electron chi connectivity index (χ1n) is 10.5. The molecular formula is C25H30O2. The van der Waals surface area contributed by atoms with Crippen LogP contribution in [0.5, 0.6) is 5.75 Å². The van der Waals surface area contributed by atoms with Crippen LogP contribution in [0.4, 0.5) is 0 Å². The van der Waals surface area contributed by atoms with Crippen LogP contribution in [0.25, 0.3) is 0 Å². The van der Waals surface area contributed by atoms with Crippen molar-refractivity contribution in [1.29, 1.82) is 0 Å². The predicted octanol–water partition coefficient (Wildman–Crippen LogP) is 5.44. The number of hydrogen-bond donors (Lipinski definition) is 2. The van der Waals surface area contributed by atoms with Crippen molar-refractivity contribution in [3.63, 3.8) is 0 Å². The normalized spacial score (nSPS) is 37.4. The van der Waals surface area contributed by atoms with Gasteiger partial charge < -0.3 is 10.2 Å². The number of rotatable bonds is 1. The zero-order valence-electron chi connectivity index (χ0n) is 16.4. The molecule has 3 unspecified atom stereocenters. The average Bonchev–Trinajstić information content (AvgIpc) is 2.94. The third-order valence-corrected chi connectivity index (χ3v) is 8.39. The fraction of sp³-hybridized carbons (Fsp3) is 0.520. The van der Waals surface area contributed by atoms with Crippen LogP contribution < -0.4 is 0 Å². The Balaban J connectivity index is 1.51.